The van der Waals surface area contributed by atoms with Crippen molar-refractivity contribution in [2.45, 2.75) is 25.4 Å². The lowest BCUT2D eigenvalue weighted by molar-refractivity contribution is 0.249. The minimum absolute atomic E-state index is 0.735. The molecule has 19 heavy (non-hydrogen) atoms. The van der Waals surface area contributed by atoms with Crippen LogP contribution in [-0.2, 0) is 6.54 Å². The van der Waals surface area contributed by atoms with Gasteiger partial charge in [-0.3, -0.25) is 0 Å². The summed E-state index contributed by atoms with van der Waals surface area (Å²) in [6.45, 7) is 3.21. The molecule has 3 nitrogen and oxygen atoms in total. The first-order valence-electron chi connectivity index (χ1n) is 6.96. The fraction of sp³-hybridized carbons (Fsp3) is 0.600. The maximum Gasteiger partial charge on any atom is 0.0510 e. The van der Waals surface area contributed by atoms with Crippen molar-refractivity contribution < 1.29 is 0 Å². The van der Waals surface area contributed by atoms with Crippen LogP contribution in [0.2, 0.25) is 0 Å². The number of halogens is 1. The van der Waals surface area contributed by atoms with Crippen LogP contribution in [0.3, 0.4) is 0 Å². The van der Waals surface area contributed by atoms with Gasteiger partial charge in [-0.1, -0.05) is 6.07 Å². The Morgan fingerprint density at radius 3 is 2.53 bits per heavy atom. The molecule has 1 fully saturated rings. The molecule has 0 spiro atoms. The van der Waals surface area contributed by atoms with Crippen LogP contribution >= 0.6 is 15.9 Å². The van der Waals surface area contributed by atoms with Gasteiger partial charge in [0.15, 0.2) is 0 Å². The maximum absolute atomic E-state index is 3.72. The van der Waals surface area contributed by atoms with Gasteiger partial charge in [-0.2, -0.15) is 0 Å². The molecule has 0 saturated carbocycles. The summed E-state index contributed by atoms with van der Waals surface area (Å²) in [7, 11) is 6.35. The quantitative estimate of drug-likeness (QED) is 0.918. The van der Waals surface area contributed by atoms with Crippen LogP contribution in [-0.4, -0.2) is 45.2 Å². The van der Waals surface area contributed by atoms with Crippen LogP contribution in [0.1, 0.15) is 18.4 Å². The minimum Gasteiger partial charge on any atom is -0.371 e. The van der Waals surface area contributed by atoms with Crippen LogP contribution in [0.25, 0.3) is 0 Å². The predicted molar refractivity (Wildman–Crippen MR) is 85.8 cm³/mol. The first-order chi connectivity index (χ1) is 9.11. The Hall–Kier alpha value is -0.580. The molecular weight excluding hydrogens is 302 g/mol. The van der Waals surface area contributed by atoms with E-state index in [1.807, 2.05) is 7.05 Å². The van der Waals surface area contributed by atoms with E-state index in [4.69, 9.17) is 0 Å². The molecule has 0 aromatic heterocycles. The smallest absolute Gasteiger partial charge is 0.0510 e. The molecule has 4 heteroatoms. The van der Waals surface area contributed by atoms with Gasteiger partial charge in [0.2, 0.25) is 0 Å². The number of nitrogens with one attached hydrogen (secondary N) is 1. The van der Waals surface area contributed by atoms with Crippen LogP contribution in [0, 0.1) is 0 Å². The third-order valence-corrected chi connectivity index (χ3v) is 4.56. The largest absolute Gasteiger partial charge is 0.371 e. The third kappa shape index (κ3) is 3.71. The molecule has 2 rings (SSSR count). The molecule has 1 heterocycles. The lowest BCUT2D eigenvalue weighted by Crippen LogP contribution is -2.42. The van der Waals surface area contributed by atoms with Crippen LogP contribution in [0.4, 0.5) is 5.69 Å². The molecule has 1 aromatic rings. The second-order valence-corrected chi connectivity index (χ2v) is 6.35. The molecule has 106 valence electrons. The van der Waals surface area contributed by atoms with E-state index in [0.717, 1.165) is 25.7 Å². The number of nitrogens with zero attached hydrogens (tertiary/aromatic N) is 2. The molecule has 1 N–H and O–H groups in total. The van der Waals surface area contributed by atoms with E-state index < -0.39 is 0 Å². The summed E-state index contributed by atoms with van der Waals surface area (Å²) in [5.41, 5.74) is 2.65. The predicted octanol–water partition coefficient (Wildman–Crippen LogP) is 2.70. The summed E-state index contributed by atoms with van der Waals surface area (Å²) in [5.74, 6) is 0. The molecule has 1 saturated heterocycles. The van der Waals surface area contributed by atoms with Gasteiger partial charge in [0, 0.05) is 30.1 Å². The van der Waals surface area contributed by atoms with Gasteiger partial charge < -0.3 is 15.1 Å². The van der Waals surface area contributed by atoms with Gasteiger partial charge in [0.25, 0.3) is 0 Å². The number of piperidine rings is 1. The monoisotopic (exact) mass is 325 g/mol. The number of rotatable bonds is 4. The molecule has 1 aliphatic heterocycles. The summed E-state index contributed by atoms with van der Waals surface area (Å²) in [5, 5.41) is 3.19. The Balaban J connectivity index is 2.03. The molecular formula is C15H24BrN3. The zero-order valence-electron chi connectivity index (χ0n) is 12.1. The molecule has 1 aromatic carbocycles. The minimum atomic E-state index is 0.735. The second kappa shape index (κ2) is 6.73. The Morgan fingerprint density at radius 2 is 2.00 bits per heavy atom. The Morgan fingerprint density at radius 1 is 1.32 bits per heavy atom. The average molecular weight is 326 g/mol. The van der Waals surface area contributed by atoms with Gasteiger partial charge in [0.05, 0.1) is 5.69 Å². The fourth-order valence-electron chi connectivity index (χ4n) is 2.74. The topological polar surface area (TPSA) is 18.5 Å². The zero-order valence-corrected chi connectivity index (χ0v) is 13.7. The Labute approximate surface area is 125 Å². The summed E-state index contributed by atoms with van der Waals surface area (Å²) < 4.78 is 1.21. The van der Waals surface area contributed by atoms with Crippen molar-refractivity contribution in [1.29, 1.82) is 0 Å². The van der Waals surface area contributed by atoms with Crippen LogP contribution in [0.15, 0.2) is 22.7 Å². The van der Waals surface area contributed by atoms with Crippen molar-refractivity contribution in [3.05, 3.63) is 28.2 Å². The highest BCUT2D eigenvalue weighted by Gasteiger charge is 2.21. The molecule has 0 bridgehead atoms. The van der Waals surface area contributed by atoms with Crippen molar-refractivity contribution >= 4 is 21.6 Å². The Kier molecular flexibility index (Phi) is 5.25. The van der Waals surface area contributed by atoms with Gasteiger partial charge in [0.1, 0.15) is 0 Å². The van der Waals surface area contributed by atoms with Crippen molar-refractivity contribution in [1.82, 2.24) is 10.2 Å². The highest BCUT2D eigenvalue weighted by molar-refractivity contribution is 9.10. The van der Waals surface area contributed by atoms with Gasteiger partial charge in [-0.25, -0.2) is 0 Å². The van der Waals surface area contributed by atoms with Gasteiger partial charge in [-0.15, -0.1) is 0 Å². The Bertz CT molecular complexity index is 412. The molecule has 0 radical (unpaired) electrons. The van der Waals surface area contributed by atoms with Gasteiger partial charge >= 0.3 is 0 Å². The first-order valence-corrected chi connectivity index (χ1v) is 7.75. The van der Waals surface area contributed by atoms with E-state index >= 15 is 0 Å². The zero-order chi connectivity index (χ0) is 13.8. The lowest BCUT2D eigenvalue weighted by Gasteiger charge is -2.37. The number of hydrogen-bond donors (Lipinski definition) is 1. The van der Waals surface area contributed by atoms with E-state index in [1.54, 1.807) is 0 Å². The summed E-state index contributed by atoms with van der Waals surface area (Å²) >= 11 is 3.72. The normalized spacial score (nSPS) is 17.2. The summed E-state index contributed by atoms with van der Waals surface area (Å²) in [6, 6.07) is 7.42. The second-order valence-electron chi connectivity index (χ2n) is 5.50. The molecule has 0 atom stereocenters. The number of hydrogen-bond acceptors (Lipinski definition) is 3. The maximum atomic E-state index is 3.72. The van der Waals surface area contributed by atoms with E-state index in [-0.39, 0.29) is 0 Å². The van der Waals surface area contributed by atoms with Crippen LogP contribution < -0.4 is 10.2 Å². The van der Waals surface area contributed by atoms with Crippen molar-refractivity contribution in [2.24, 2.45) is 0 Å². The molecule has 0 aliphatic carbocycles. The fourth-order valence-corrected chi connectivity index (χ4v) is 3.42. The number of anilines is 1. The summed E-state index contributed by atoms with van der Waals surface area (Å²) in [4.78, 5) is 4.84. The van der Waals surface area contributed by atoms with Crippen LogP contribution in [0.5, 0.6) is 0 Å². The highest BCUT2D eigenvalue weighted by atomic mass is 79.9. The standard InChI is InChI=1S/C15H24BrN3/c1-17-11-12-4-5-15(14(16)10-12)19-8-6-13(7-9-19)18(2)3/h4-5,10,13,17H,6-9,11H2,1-3H3. The third-order valence-electron chi connectivity index (χ3n) is 3.93. The van der Waals surface area contributed by atoms with E-state index in [1.165, 1.54) is 28.6 Å². The van der Waals surface area contributed by atoms with Crippen molar-refractivity contribution in [3.8, 4) is 0 Å². The average Bonchev–Trinajstić information content (AvgIpc) is 2.39. The van der Waals surface area contributed by atoms with E-state index in [0.29, 0.717) is 0 Å². The van der Waals surface area contributed by atoms with E-state index in [9.17, 15) is 0 Å². The number of benzene rings is 1. The van der Waals surface area contributed by atoms with Crippen molar-refractivity contribution in [3.63, 3.8) is 0 Å². The van der Waals surface area contributed by atoms with Gasteiger partial charge in [-0.05, 0) is 67.6 Å². The lowest BCUT2D eigenvalue weighted by atomic mass is 10.0. The first kappa shape index (κ1) is 14.8. The molecule has 1 aliphatic rings. The highest BCUT2D eigenvalue weighted by Crippen LogP contribution is 2.30. The van der Waals surface area contributed by atoms with Crippen molar-refractivity contribution in [2.75, 3.05) is 39.1 Å². The molecule has 0 unspecified atom stereocenters. The summed E-state index contributed by atoms with van der Waals surface area (Å²) in [6.07, 6.45) is 2.50. The van der Waals surface area contributed by atoms with E-state index in [2.05, 4.69) is 63.3 Å². The molecule has 0 amide bonds. The SMILES string of the molecule is CNCc1ccc(N2CCC(N(C)C)CC2)c(Br)c1.